The fourth-order valence-electron chi connectivity index (χ4n) is 3.65. The Bertz CT molecular complexity index is 1380. The summed E-state index contributed by atoms with van der Waals surface area (Å²) in [6.07, 6.45) is -3.17. The van der Waals surface area contributed by atoms with Crippen LogP contribution in [0.25, 0.3) is 0 Å². The molecule has 0 atom stereocenters. The van der Waals surface area contributed by atoms with E-state index >= 15 is 0 Å². The molecule has 1 aromatic carbocycles. The molecule has 1 aliphatic carbocycles. The Morgan fingerprint density at radius 2 is 1.75 bits per heavy atom. The topological polar surface area (TPSA) is 119 Å². The highest BCUT2D eigenvalue weighted by Gasteiger charge is 2.41. The number of carbonyl (C=O) groups is 1. The monoisotopic (exact) mass is 586 g/mol. The Morgan fingerprint density at radius 3 is 2.31 bits per heavy atom. The number of aryl methyl sites for hydroxylation is 3. The van der Waals surface area contributed by atoms with Gasteiger partial charge in [-0.1, -0.05) is 0 Å². The highest BCUT2D eigenvalue weighted by molar-refractivity contribution is 9.10. The van der Waals surface area contributed by atoms with Crippen molar-refractivity contribution in [1.82, 2.24) is 19.7 Å². The van der Waals surface area contributed by atoms with Crippen LogP contribution in [-0.4, -0.2) is 34.1 Å². The predicted octanol–water partition coefficient (Wildman–Crippen LogP) is 4.78. The van der Waals surface area contributed by atoms with Crippen LogP contribution in [0.15, 0.2) is 39.7 Å². The van der Waals surface area contributed by atoms with Crippen LogP contribution in [0.5, 0.6) is 0 Å². The number of rotatable bonds is 8. The van der Waals surface area contributed by atoms with Crippen LogP contribution < -0.4 is 10.0 Å². The molecule has 1 fully saturated rings. The Kier molecular flexibility index (Phi) is 7.10. The minimum Gasteiger partial charge on any atom is -0.326 e. The first-order valence-electron chi connectivity index (χ1n) is 10.9. The van der Waals surface area contributed by atoms with E-state index in [1.807, 2.05) is 0 Å². The quantitative estimate of drug-likeness (QED) is 0.392. The van der Waals surface area contributed by atoms with Crippen molar-refractivity contribution in [1.29, 1.82) is 0 Å². The number of nitrogens with zero attached hydrogens (tertiary/aromatic N) is 4. The minimum absolute atomic E-state index is 0.0109. The van der Waals surface area contributed by atoms with Gasteiger partial charge in [0.05, 0.1) is 21.6 Å². The minimum atomic E-state index is -4.60. The van der Waals surface area contributed by atoms with Crippen molar-refractivity contribution >= 4 is 43.5 Å². The van der Waals surface area contributed by atoms with Gasteiger partial charge in [-0.25, -0.2) is 23.1 Å². The number of anilines is 2. The average Bonchev–Trinajstić information content (AvgIpc) is 3.53. The fourth-order valence-corrected chi connectivity index (χ4v) is 5.43. The van der Waals surface area contributed by atoms with Gasteiger partial charge >= 0.3 is 6.18 Å². The number of nitrogens with one attached hydrogen (secondary N) is 2. The molecule has 0 radical (unpaired) electrons. The van der Waals surface area contributed by atoms with Gasteiger partial charge in [-0.2, -0.15) is 18.3 Å². The third-order valence-electron chi connectivity index (χ3n) is 5.37. The Hall–Kier alpha value is -3.00. The number of alkyl halides is 3. The number of carbonyl (C=O) groups excluding carboxylic acids is 1. The van der Waals surface area contributed by atoms with Gasteiger partial charge in [-0.3, -0.25) is 9.48 Å². The van der Waals surface area contributed by atoms with E-state index in [4.69, 9.17) is 0 Å². The maximum atomic E-state index is 13.2. The number of sulfonamides is 1. The van der Waals surface area contributed by atoms with E-state index in [1.165, 1.54) is 28.9 Å². The molecular formula is C22H22BrF3N6O3S. The summed E-state index contributed by atoms with van der Waals surface area (Å²) < 4.78 is 68.5. The van der Waals surface area contributed by atoms with Crippen LogP contribution in [0, 0.1) is 13.8 Å². The van der Waals surface area contributed by atoms with Gasteiger partial charge in [-0.15, -0.1) is 0 Å². The highest BCUT2D eigenvalue weighted by atomic mass is 79.9. The number of aromatic nitrogens is 4. The van der Waals surface area contributed by atoms with Gasteiger partial charge < -0.3 is 5.32 Å². The summed E-state index contributed by atoms with van der Waals surface area (Å²) in [6, 6.07) is 7.16. The number of halogens is 4. The third-order valence-corrected chi connectivity index (χ3v) is 7.50. The second-order valence-corrected chi connectivity index (χ2v) is 10.9. The Labute approximate surface area is 213 Å². The fraction of sp³-hybridized carbons (Fsp3) is 0.364. The lowest BCUT2D eigenvalue weighted by Crippen LogP contribution is -2.17. The summed E-state index contributed by atoms with van der Waals surface area (Å²) in [4.78, 5) is 20.5. The summed E-state index contributed by atoms with van der Waals surface area (Å²) in [5.41, 5.74) is 1.01. The zero-order valence-corrected chi connectivity index (χ0v) is 21.6. The zero-order chi connectivity index (χ0) is 26.3. The smallest absolute Gasteiger partial charge is 0.326 e. The van der Waals surface area contributed by atoms with Gasteiger partial charge in [-0.05, 0) is 73.0 Å². The lowest BCUT2D eigenvalue weighted by molar-refractivity contribution is -0.142. The van der Waals surface area contributed by atoms with Crippen molar-refractivity contribution in [2.45, 2.75) is 56.6 Å². The van der Waals surface area contributed by atoms with E-state index in [1.54, 1.807) is 19.9 Å². The highest BCUT2D eigenvalue weighted by Crippen LogP contribution is 2.47. The van der Waals surface area contributed by atoms with Crippen molar-refractivity contribution in [2.75, 3.05) is 10.0 Å². The number of hydrogen-bond donors (Lipinski definition) is 2. The summed E-state index contributed by atoms with van der Waals surface area (Å²) in [5, 5.41) is 6.30. The van der Waals surface area contributed by atoms with E-state index < -0.39 is 27.8 Å². The van der Waals surface area contributed by atoms with E-state index in [0.29, 0.717) is 22.8 Å². The molecule has 192 valence electrons. The second kappa shape index (κ2) is 9.81. The molecule has 2 N–H and O–H groups in total. The molecule has 0 bridgehead atoms. The summed E-state index contributed by atoms with van der Waals surface area (Å²) in [6.45, 7) is 3.41. The maximum Gasteiger partial charge on any atom is 0.436 e. The van der Waals surface area contributed by atoms with Gasteiger partial charge in [0.1, 0.15) is 0 Å². The SMILES string of the molecule is Cc1cc(C)nc(NS(=O)(=O)c2ccc(NC(=O)CCn3nc(C(F)(F)F)c(Br)c3C3CC3)cc2)n1. The molecule has 3 aromatic rings. The van der Waals surface area contributed by atoms with Gasteiger partial charge in [0, 0.05) is 29.4 Å². The van der Waals surface area contributed by atoms with Gasteiger partial charge in [0.15, 0.2) is 5.69 Å². The Balaban J connectivity index is 1.39. The molecule has 1 saturated carbocycles. The largest absolute Gasteiger partial charge is 0.436 e. The Morgan fingerprint density at radius 1 is 1.14 bits per heavy atom. The first-order valence-corrected chi connectivity index (χ1v) is 13.2. The molecule has 14 heteroatoms. The molecule has 4 rings (SSSR count). The summed E-state index contributed by atoms with van der Waals surface area (Å²) >= 11 is 3.02. The van der Waals surface area contributed by atoms with Crippen molar-refractivity contribution in [3.05, 3.63) is 57.6 Å². The summed E-state index contributed by atoms with van der Waals surface area (Å²) in [5.74, 6) is -0.507. The predicted molar refractivity (Wildman–Crippen MR) is 129 cm³/mol. The normalized spacial score (nSPS) is 14.1. The average molecular weight is 587 g/mol. The first kappa shape index (κ1) is 26.1. The van der Waals surface area contributed by atoms with E-state index in [2.05, 4.69) is 41.0 Å². The molecule has 0 saturated heterocycles. The third kappa shape index (κ3) is 6.03. The maximum absolute atomic E-state index is 13.2. The molecule has 1 amide bonds. The van der Waals surface area contributed by atoms with Crippen molar-refractivity contribution in [3.8, 4) is 0 Å². The zero-order valence-electron chi connectivity index (χ0n) is 19.2. The van der Waals surface area contributed by atoms with Crippen LogP contribution in [0.3, 0.4) is 0 Å². The molecule has 1 aliphatic rings. The van der Waals surface area contributed by atoms with Crippen molar-refractivity contribution in [2.24, 2.45) is 0 Å². The molecule has 2 heterocycles. The molecule has 2 aromatic heterocycles. The second-order valence-electron chi connectivity index (χ2n) is 8.45. The van der Waals surface area contributed by atoms with Crippen molar-refractivity contribution < 1.29 is 26.4 Å². The van der Waals surface area contributed by atoms with E-state index in [-0.39, 0.29) is 34.2 Å². The van der Waals surface area contributed by atoms with E-state index in [0.717, 1.165) is 12.8 Å². The molecule has 0 unspecified atom stereocenters. The van der Waals surface area contributed by atoms with Crippen molar-refractivity contribution in [3.63, 3.8) is 0 Å². The summed E-state index contributed by atoms with van der Waals surface area (Å²) in [7, 11) is -3.95. The standard InChI is InChI=1S/C22H22BrF3N6O3S/c1-12-11-13(2)28-21(27-12)31-36(34,35)16-7-5-15(6-8-16)29-17(33)9-10-32-19(14-3-4-14)18(23)20(30-32)22(24,25)26/h5-8,11,14H,3-4,9-10H2,1-2H3,(H,29,33)(H,27,28,31). The number of amides is 1. The molecular weight excluding hydrogens is 565 g/mol. The van der Waals surface area contributed by atoms with Crippen LogP contribution in [0.1, 0.15) is 48.0 Å². The van der Waals surface area contributed by atoms with Crippen LogP contribution >= 0.6 is 15.9 Å². The lowest BCUT2D eigenvalue weighted by atomic mass is 10.2. The molecule has 9 nitrogen and oxygen atoms in total. The lowest BCUT2D eigenvalue weighted by Gasteiger charge is -2.10. The molecule has 0 spiro atoms. The first-order chi connectivity index (χ1) is 16.8. The number of benzene rings is 1. The van der Waals surface area contributed by atoms with Crippen LogP contribution in [0.2, 0.25) is 0 Å². The van der Waals surface area contributed by atoms with Crippen LogP contribution in [0.4, 0.5) is 24.8 Å². The molecule has 0 aliphatic heterocycles. The van der Waals surface area contributed by atoms with Gasteiger partial charge in [0.2, 0.25) is 11.9 Å². The molecule has 36 heavy (non-hydrogen) atoms. The number of hydrogen-bond acceptors (Lipinski definition) is 6. The van der Waals surface area contributed by atoms with Gasteiger partial charge in [0.25, 0.3) is 10.0 Å². The van der Waals surface area contributed by atoms with Crippen LogP contribution in [-0.2, 0) is 27.5 Å². The van der Waals surface area contributed by atoms with E-state index in [9.17, 15) is 26.4 Å².